The fraction of sp³-hybridized carbons (Fsp3) is 0.333. The fourth-order valence-corrected chi connectivity index (χ4v) is 3.36. The second-order valence-corrected chi connectivity index (χ2v) is 7.33. The molecule has 0 saturated heterocycles. The van der Waals surface area contributed by atoms with Crippen molar-refractivity contribution in [2.24, 2.45) is 4.99 Å². The SMILES string of the molecule is [Cl-].[Cl-].[NH3+]CCCC([NH3+])CNC(=O)C1=Nc2cc(-c3ccc(F)cc3)cc(C(F)(F)F)c2C1. The third-order valence-electron chi connectivity index (χ3n) is 4.98. The zero-order chi connectivity index (χ0) is 21.9. The Morgan fingerprint density at radius 3 is 2.38 bits per heavy atom. The topological polar surface area (TPSA) is 96.7 Å². The van der Waals surface area contributed by atoms with Crippen molar-refractivity contribution in [2.45, 2.75) is 31.5 Å². The molecule has 2 aromatic rings. The number of alkyl halides is 3. The van der Waals surface area contributed by atoms with E-state index in [1.54, 1.807) is 0 Å². The second-order valence-electron chi connectivity index (χ2n) is 7.33. The number of carbonyl (C=O) groups excluding carboxylic acids is 1. The molecule has 1 aliphatic heterocycles. The smallest absolute Gasteiger partial charge is 0.416 e. The lowest BCUT2D eigenvalue weighted by atomic mass is 9.95. The van der Waals surface area contributed by atoms with Crippen molar-refractivity contribution in [3.05, 3.63) is 53.3 Å². The van der Waals surface area contributed by atoms with Gasteiger partial charge in [-0.15, -0.1) is 0 Å². The first kappa shape index (κ1) is 27.8. The van der Waals surface area contributed by atoms with Crippen LogP contribution in [0.5, 0.6) is 0 Å². The maximum absolute atomic E-state index is 13.7. The largest absolute Gasteiger partial charge is 1.00 e. The summed E-state index contributed by atoms with van der Waals surface area (Å²) >= 11 is 0. The molecule has 0 bridgehead atoms. The van der Waals surface area contributed by atoms with E-state index in [2.05, 4.69) is 21.8 Å². The molecular formula is C21H24Cl2F4N4O. The van der Waals surface area contributed by atoms with Crippen LogP contribution in [0.15, 0.2) is 41.4 Å². The molecule has 7 N–H and O–H groups in total. The third kappa shape index (κ3) is 6.65. The Hall–Kier alpha value is -2.20. The van der Waals surface area contributed by atoms with Crippen molar-refractivity contribution in [3.8, 4) is 11.1 Å². The van der Waals surface area contributed by atoms with Gasteiger partial charge in [-0.05, 0) is 41.0 Å². The van der Waals surface area contributed by atoms with Crippen molar-refractivity contribution < 1.29 is 58.6 Å². The lowest BCUT2D eigenvalue weighted by Crippen LogP contribution is -3.00. The van der Waals surface area contributed by atoms with Crippen LogP contribution in [0.4, 0.5) is 23.2 Å². The monoisotopic (exact) mass is 494 g/mol. The van der Waals surface area contributed by atoms with E-state index >= 15 is 0 Å². The number of carbonyl (C=O) groups is 1. The highest BCUT2D eigenvalue weighted by Crippen LogP contribution is 2.42. The quantitative estimate of drug-likeness (QED) is 0.335. The number of hydrogen-bond acceptors (Lipinski definition) is 2. The van der Waals surface area contributed by atoms with Crippen LogP contribution in [-0.2, 0) is 17.4 Å². The van der Waals surface area contributed by atoms with Crippen molar-refractivity contribution in [3.63, 3.8) is 0 Å². The minimum atomic E-state index is -4.60. The molecule has 1 unspecified atom stereocenters. The molecule has 1 amide bonds. The van der Waals surface area contributed by atoms with E-state index in [-0.39, 0.29) is 59.8 Å². The number of amides is 1. The Morgan fingerprint density at radius 1 is 1.12 bits per heavy atom. The van der Waals surface area contributed by atoms with Gasteiger partial charge in [0.1, 0.15) is 17.6 Å². The lowest BCUT2D eigenvalue weighted by molar-refractivity contribution is -0.423. The van der Waals surface area contributed by atoms with Crippen molar-refractivity contribution in [1.82, 2.24) is 5.32 Å². The zero-order valence-electron chi connectivity index (χ0n) is 17.1. The van der Waals surface area contributed by atoms with Crippen LogP contribution in [0.25, 0.3) is 11.1 Å². The first-order chi connectivity index (χ1) is 14.2. The predicted molar refractivity (Wildman–Crippen MR) is 104 cm³/mol. The van der Waals surface area contributed by atoms with Crippen LogP contribution in [0.2, 0.25) is 0 Å². The average molecular weight is 495 g/mol. The van der Waals surface area contributed by atoms with Crippen LogP contribution >= 0.6 is 0 Å². The number of fused-ring (bicyclic) bond motifs is 1. The number of quaternary nitrogens is 2. The fourth-order valence-electron chi connectivity index (χ4n) is 3.36. The summed E-state index contributed by atoms with van der Waals surface area (Å²) in [7, 11) is 0. The maximum Gasteiger partial charge on any atom is 0.416 e. The van der Waals surface area contributed by atoms with Gasteiger partial charge in [0, 0.05) is 19.3 Å². The molecule has 1 aliphatic rings. The Morgan fingerprint density at radius 2 is 1.78 bits per heavy atom. The lowest BCUT2D eigenvalue weighted by Gasteiger charge is -2.14. The minimum Gasteiger partial charge on any atom is -1.00 e. The molecule has 0 aliphatic carbocycles. The first-order valence-corrected chi connectivity index (χ1v) is 9.67. The summed E-state index contributed by atoms with van der Waals surface area (Å²) in [6.07, 6.45) is -3.11. The molecule has 0 radical (unpaired) electrons. The number of nitrogens with zero attached hydrogens (tertiary/aromatic N) is 1. The molecule has 32 heavy (non-hydrogen) atoms. The number of hydrogen-bond donors (Lipinski definition) is 3. The van der Waals surface area contributed by atoms with E-state index in [0.717, 1.165) is 25.5 Å². The summed E-state index contributed by atoms with van der Waals surface area (Å²) < 4.78 is 54.2. The highest BCUT2D eigenvalue weighted by atomic mass is 35.5. The average Bonchev–Trinajstić information content (AvgIpc) is 3.13. The van der Waals surface area contributed by atoms with Gasteiger partial charge in [-0.2, -0.15) is 13.2 Å². The molecular weight excluding hydrogens is 471 g/mol. The molecule has 0 aromatic heterocycles. The number of aliphatic imine (C=N–C) groups is 1. The number of halogens is 6. The molecule has 0 saturated carbocycles. The number of benzene rings is 2. The Bertz CT molecular complexity index is 966. The molecule has 2 aromatic carbocycles. The highest BCUT2D eigenvalue weighted by Gasteiger charge is 2.37. The predicted octanol–water partition coefficient (Wildman–Crippen LogP) is -4.10. The molecule has 1 atom stereocenters. The number of rotatable bonds is 7. The Balaban J connectivity index is 0.00000256. The second kappa shape index (κ2) is 11.6. The number of nitrogens with one attached hydrogen (secondary N) is 1. The standard InChI is InChI=1S/C21H22F4N4O.2ClH/c22-14-5-3-12(4-6-14)13-8-17(21(23,24)25)16-10-19(29-18(16)9-13)20(30)28-11-15(27)2-1-7-26;;/h3-6,8-9,15H,1-2,7,10-11,26-27H2,(H,28,30);2*1H. The van der Waals surface area contributed by atoms with E-state index in [0.29, 0.717) is 12.1 Å². The third-order valence-corrected chi connectivity index (χ3v) is 4.98. The highest BCUT2D eigenvalue weighted by molar-refractivity contribution is 6.41. The van der Waals surface area contributed by atoms with E-state index < -0.39 is 23.5 Å². The summed E-state index contributed by atoms with van der Waals surface area (Å²) in [6.45, 7) is 1.10. The van der Waals surface area contributed by atoms with Gasteiger partial charge in [-0.25, -0.2) is 9.38 Å². The van der Waals surface area contributed by atoms with E-state index in [9.17, 15) is 22.4 Å². The van der Waals surface area contributed by atoms with Crippen LogP contribution in [0.3, 0.4) is 0 Å². The minimum absolute atomic E-state index is 0. The van der Waals surface area contributed by atoms with Gasteiger partial charge in [-0.1, -0.05) is 12.1 Å². The van der Waals surface area contributed by atoms with Gasteiger partial charge < -0.3 is 41.6 Å². The molecule has 3 rings (SSSR count). The van der Waals surface area contributed by atoms with Crippen molar-refractivity contribution in [2.75, 3.05) is 13.1 Å². The molecule has 0 fully saturated rings. The van der Waals surface area contributed by atoms with Gasteiger partial charge in [-0.3, -0.25) is 4.79 Å². The summed E-state index contributed by atoms with van der Waals surface area (Å²) in [5, 5.41) is 2.70. The molecule has 11 heteroatoms. The van der Waals surface area contributed by atoms with E-state index in [1.807, 2.05) is 0 Å². The molecule has 0 spiro atoms. The molecule has 1 heterocycles. The van der Waals surface area contributed by atoms with Crippen LogP contribution < -0.4 is 41.6 Å². The normalized spacial score (nSPS) is 13.4. The summed E-state index contributed by atoms with van der Waals surface area (Å²) in [5.41, 5.74) is 7.69. The molecule has 5 nitrogen and oxygen atoms in total. The maximum atomic E-state index is 13.7. The summed E-state index contributed by atoms with van der Waals surface area (Å²) in [4.78, 5) is 16.6. The van der Waals surface area contributed by atoms with E-state index in [4.69, 9.17) is 0 Å². The van der Waals surface area contributed by atoms with Gasteiger partial charge in [0.25, 0.3) is 5.91 Å². The van der Waals surface area contributed by atoms with Crippen molar-refractivity contribution in [1.29, 1.82) is 0 Å². The first-order valence-electron chi connectivity index (χ1n) is 9.67. The molecule has 176 valence electrons. The van der Waals surface area contributed by atoms with Gasteiger partial charge >= 0.3 is 6.18 Å². The van der Waals surface area contributed by atoms with Gasteiger partial charge in [0.2, 0.25) is 0 Å². The van der Waals surface area contributed by atoms with Gasteiger partial charge in [0.05, 0.1) is 24.3 Å². The van der Waals surface area contributed by atoms with E-state index in [1.165, 1.54) is 30.3 Å². The summed E-state index contributed by atoms with van der Waals surface area (Å²) in [6, 6.07) is 7.69. The summed E-state index contributed by atoms with van der Waals surface area (Å²) in [5.74, 6) is -0.974. The zero-order valence-corrected chi connectivity index (χ0v) is 18.6. The van der Waals surface area contributed by atoms with Crippen LogP contribution in [0.1, 0.15) is 24.0 Å². The van der Waals surface area contributed by atoms with Crippen molar-refractivity contribution >= 4 is 17.3 Å². The van der Waals surface area contributed by atoms with Crippen LogP contribution in [0, 0.1) is 5.82 Å². The Labute approximate surface area is 195 Å². The van der Waals surface area contributed by atoms with Crippen LogP contribution in [-0.4, -0.2) is 30.8 Å². The Kier molecular flexibility index (Phi) is 10.1. The van der Waals surface area contributed by atoms with Gasteiger partial charge in [0.15, 0.2) is 0 Å².